The predicted molar refractivity (Wildman–Crippen MR) is 107 cm³/mol. The van der Waals surface area contributed by atoms with E-state index in [4.69, 9.17) is 16.3 Å². The van der Waals surface area contributed by atoms with Gasteiger partial charge in [-0.1, -0.05) is 12.1 Å². The van der Waals surface area contributed by atoms with Crippen LogP contribution in [0.4, 0.5) is 16.3 Å². The van der Waals surface area contributed by atoms with E-state index < -0.39 is 11.7 Å². The number of anilines is 2. The number of nitrogens with zero attached hydrogens (tertiary/aromatic N) is 3. The van der Waals surface area contributed by atoms with Gasteiger partial charge in [0, 0.05) is 0 Å². The minimum Gasteiger partial charge on any atom is -0.443 e. The zero-order chi connectivity index (χ0) is 19.8. The molecule has 140 valence electrons. The summed E-state index contributed by atoms with van der Waals surface area (Å²) in [6, 6.07) is 9.02. The summed E-state index contributed by atoms with van der Waals surface area (Å²) < 4.78 is 6.17. The van der Waals surface area contributed by atoms with Crippen LogP contribution in [0, 0.1) is 6.92 Å². The molecule has 0 aliphatic carbocycles. The van der Waals surface area contributed by atoms with Crippen LogP contribution in [-0.4, -0.2) is 27.9 Å². The lowest BCUT2D eigenvalue weighted by Gasteiger charge is -2.27. The van der Waals surface area contributed by atoms with Crippen LogP contribution in [0.25, 0.3) is 10.2 Å². The van der Waals surface area contributed by atoms with E-state index in [2.05, 4.69) is 9.97 Å². The molecule has 0 radical (unpaired) electrons. The lowest BCUT2D eigenvalue weighted by atomic mass is 10.2. The topological polar surface area (TPSA) is 72.4 Å². The molecule has 1 amide bonds. The normalized spacial score (nSPS) is 11.4. The molecule has 0 unspecified atom stereocenters. The van der Waals surface area contributed by atoms with E-state index in [9.17, 15) is 9.59 Å². The number of amides is 1. The summed E-state index contributed by atoms with van der Waals surface area (Å²) in [5.41, 5.74) is 1.36. The molecule has 6 nitrogen and oxygen atoms in total. The smallest absolute Gasteiger partial charge is 0.420 e. The van der Waals surface area contributed by atoms with Crippen molar-refractivity contribution in [1.29, 1.82) is 0 Å². The number of hydrogen-bond acceptors (Lipinski definition) is 6. The molecule has 0 aliphatic rings. The van der Waals surface area contributed by atoms with Gasteiger partial charge in [-0.3, -0.25) is 4.79 Å². The highest BCUT2D eigenvalue weighted by atomic mass is 35.5. The fraction of sp³-hybridized carbons (Fsp3) is 0.263. The van der Waals surface area contributed by atoms with E-state index in [1.165, 1.54) is 16.2 Å². The Morgan fingerprint density at radius 1 is 1.26 bits per heavy atom. The van der Waals surface area contributed by atoms with Crippen LogP contribution in [0.1, 0.15) is 36.0 Å². The number of aryl methyl sites for hydroxylation is 1. The van der Waals surface area contributed by atoms with Crippen molar-refractivity contribution in [2.75, 3.05) is 4.90 Å². The van der Waals surface area contributed by atoms with Crippen molar-refractivity contribution in [1.82, 2.24) is 9.97 Å². The van der Waals surface area contributed by atoms with Crippen molar-refractivity contribution in [3.8, 4) is 0 Å². The number of halogens is 1. The van der Waals surface area contributed by atoms with Gasteiger partial charge in [0.1, 0.15) is 5.60 Å². The molecule has 1 aromatic carbocycles. The van der Waals surface area contributed by atoms with Crippen molar-refractivity contribution in [2.24, 2.45) is 0 Å². The second kappa shape index (κ2) is 7.25. The summed E-state index contributed by atoms with van der Waals surface area (Å²) in [6.07, 6.45) is 0.138. The highest BCUT2D eigenvalue weighted by Crippen LogP contribution is 2.37. The number of rotatable bonds is 3. The molecule has 3 aromatic rings. The first-order chi connectivity index (χ1) is 12.7. The number of ether oxygens (including phenoxy) is 1. The number of benzene rings is 1. The summed E-state index contributed by atoms with van der Waals surface area (Å²) in [4.78, 5) is 34.5. The van der Waals surface area contributed by atoms with Crippen LogP contribution in [0.3, 0.4) is 0 Å². The Morgan fingerprint density at radius 2 is 2.00 bits per heavy atom. The van der Waals surface area contributed by atoms with E-state index in [0.29, 0.717) is 20.8 Å². The van der Waals surface area contributed by atoms with Crippen LogP contribution >= 0.6 is 22.9 Å². The number of carbonyl (C=O) groups is 2. The molecular weight excluding hydrogens is 386 g/mol. The van der Waals surface area contributed by atoms with Gasteiger partial charge in [-0.2, -0.15) is 4.98 Å². The first kappa shape index (κ1) is 19.3. The number of thiophene rings is 1. The van der Waals surface area contributed by atoms with Gasteiger partial charge in [-0.05, 0) is 63.1 Å². The number of fused-ring (bicyclic) bond motifs is 1. The molecule has 0 atom stereocenters. The Hall–Kier alpha value is -2.51. The summed E-state index contributed by atoms with van der Waals surface area (Å²) in [5, 5.41) is -0.0195. The third-order valence-electron chi connectivity index (χ3n) is 3.51. The average molecular weight is 404 g/mol. The first-order valence-corrected chi connectivity index (χ1v) is 9.39. The monoisotopic (exact) mass is 403 g/mol. The number of aromatic nitrogens is 2. The second-order valence-electron chi connectivity index (χ2n) is 6.95. The minimum absolute atomic E-state index is 0.0195. The molecule has 0 bridgehead atoms. The van der Waals surface area contributed by atoms with E-state index in [0.717, 1.165) is 11.8 Å². The predicted octanol–water partition coefficient (Wildman–Crippen LogP) is 5.54. The Balaban J connectivity index is 2.24. The van der Waals surface area contributed by atoms with Gasteiger partial charge < -0.3 is 4.74 Å². The molecular formula is C19H18ClN3O3S. The van der Waals surface area contributed by atoms with Gasteiger partial charge in [0.2, 0.25) is 5.28 Å². The van der Waals surface area contributed by atoms with Gasteiger partial charge in [0.25, 0.3) is 0 Å². The van der Waals surface area contributed by atoms with Crippen LogP contribution < -0.4 is 4.90 Å². The van der Waals surface area contributed by atoms with Crippen LogP contribution in [0.2, 0.25) is 5.28 Å². The number of hydrogen-bond donors (Lipinski definition) is 0. The molecule has 0 saturated heterocycles. The Labute approximate surface area is 165 Å². The maximum Gasteiger partial charge on any atom is 0.420 e. The van der Waals surface area contributed by atoms with Crippen molar-refractivity contribution in [3.05, 3.63) is 46.1 Å². The number of carbonyl (C=O) groups excluding carboxylic acids is 2. The molecule has 0 N–H and O–H groups in total. The van der Waals surface area contributed by atoms with E-state index >= 15 is 0 Å². The third kappa shape index (κ3) is 4.26. The third-order valence-corrected chi connectivity index (χ3v) is 4.72. The second-order valence-corrected chi connectivity index (χ2v) is 8.37. The van der Waals surface area contributed by atoms with E-state index in [-0.39, 0.29) is 11.1 Å². The Bertz CT molecular complexity index is 1030. The van der Waals surface area contributed by atoms with Crippen LogP contribution in [0.5, 0.6) is 0 Å². The first-order valence-electron chi connectivity index (χ1n) is 8.20. The highest BCUT2D eigenvalue weighted by molar-refractivity contribution is 7.21. The average Bonchev–Trinajstić information content (AvgIpc) is 2.96. The Morgan fingerprint density at radius 3 is 2.63 bits per heavy atom. The standard InChI is InChI=1S/C19H18ClN3O3S/c1-11-6-5-7-12(8-11)23(18(25)26-19(2,3)4)16-15-14(21-17(20)22-16)9-13(10-24)27-15/h5-10H,1-4H3. The van der Waals surface area contributed by atoms with Gasteiger partial charge in [-0.15, -0.1) is 11.3 Å². The SMILES string of the molecule is Cc1cccc(N(C(=O)OC(C)(C)C)c2nc(Cl)nc3cc(C=O)sc23)c1. The van der Waals surface area contributed by atoms with Gasteiger partial charge in [0.15, 0.2) is 12.1 Å². The van der Waals surface area contributed by atoms with Crippen molar-refractivity contribution >= 4 is 57.0 Å². The van der Waals surface area contributed by atoms with Crippen LogP contribution in [-0.2, 0) is 4.74 Å². The summed E-state index contributed by atoms with van der Waals surface area (Å²) in [7, 11) is 0. The quantitative estimate of drug-likeness (QED) is 0.424. The molecule has 27 heavy (non-hydrogen) atoms. The lowest BCUT2D eigenvalue weighted by molar-refractivity contribution is 0.0598. The minimum atomic E-state index is -0.696. The summed E-state index contributed by atoms with van der Waals surface area (Å²) in [5.74, 6) is 0.281. The summed E-state index contributed by atoms with van der Waals surface area (Å²) in [6.45, 7) is 7.29. The van der Waals surface area contributed by atoms with Crippen LogP contribution in [0.15, 0.2) is 30.3 Å². The van der Waals surface area contributed by atoms with Gasteiger partial charge >= 0.3 is 6.09 Å². The maximum atomic E-state index is 13.0. The largest absolute Gasteiger partial charge is 0.443 e. The van der Waals surface area contributed by atoms with Crippen molar-refractivity contribution < 1.29 is 14.3 Å². The fourth-order valence-corrected chi connectivity index (χ4v) is 3.57. The zero-order valence-electron chi connectivity index (χ0n) is 15.3. The van der Waals surface area contributed by atoms with Gasteiger partial charge in [-0.25, -0.2) is 14.7 Å². The van der Waals surface area contributed by atoms with E-state index in [1.807, 2.05) is 25.1 Å². The zero-order valence-corrected chi connectivity index (χ0v) is 16.9. The molecule has 2 aromatic heterocycles. The highest BCUT2D eigenvalue weighted by Gasteiger charge is 2.29. The molecule has 0 spiro atoms. The summed E-state index contributed by atoms with van der Waals surface area (Å²) >= 11 is 7.29. The van der Waals surface area contributed by atoms with Gasteiger partial charge in [0.05, 0.1) is 20.8 Å². The maximum absolute atomic E-state index is 13.0. The molecule has 2 heterocycles. The molecule has 3 rings (SSSR count). The number of aldehydes is 1. The Kier molecular flexibility index (Phi) is 5.17. The van der Waals surface area contributed by atoms with E-state index in [1.54, 1.807) is 32.9 Å². The van der Waals surface area contributed by atoms with Crippen molar-refractivity contribution in [3.63, 3.8) is 0 Å². The molecule has 0 saturated carbocycles. The van der Waals surface area contributed by atoms with Crippen molar-refractivity contribution in [2.45, 2.75) is 33.3 Å². The lowest BCUT2D eigenvalue weighted by Crippen LogP contribution is -2.34. The molecule has 0 fully saturated rings. The molecule has 8 heteroatoms. The molecule has 0 aliphatic heterocycles. The fourth-order valence-electron chi connectivity index (χ4n) is 2.50.